The number of benzene rings is 1. The molecule has 1 fully saturated rings. The van der Waals surface area contributed by atoms with Crippen molar-refractivity contribution in [2.45, 2.75) is 25.0 Å². The lowest BCUT2D eigenvalue weighted by atomic mass is 10.1. The van der Waals surface area contributed by atoms with E-state index in [0.717, 1.165) is 24.4 Å². The number of methoxy groups -OCH3 is 1. The number of ether oxygens (including phenoxy) is 1. The van der Waals surface area contributed by atoms with Gasteiger partial charge in [0.2, 0.25) is 0 Å². The number of aliphatic imine (C=N–C) groups is 1. The summed E-state index contributed by atoms with van der Waals surface area (Å²) in [5.41, 5.74) is 0.914. The molecule has 1 saturated heterocycles. The van der Waals surface area contributed by atoms with Crippen molar-refractivity contribution in [3.05, 3.63) is 59.8 Å². The minimum absolute atomic E-state index is 0. The van der Waals surface area contributed by atoms with Crippen LogP contribution in [0.3, 0.4) is 0 Å². The third-order valence-corrected chi connectivity index (χ3v) is 5.12. The topological polar surface area (TPSA) is 62.0 Å². The molecule has 0 amide bonds. The van der Waals surface area contributed by atoms with E-state index in [0.29, 0.717) is 19.0 Å². The number of halogens is 2. The Hall–Kier alpha value is -1.65. The van der Waals surface area contributed by atoms with Gasteiger partial charge in [-0.3, -0.25) is 9.89 Å². The van der Waals surface area contributed by atoms with Crippen molar-refractivity contribution in [3.63, 3.8) is 0 Å². The van der Waals surface area contributed by atoms with Crippen LogP contribution in [-0.4, -0.2) is 51.2 Å². The van der Waals surface area contributed by atoms with Gasteiger partial charge in [-0.25, -0.2) is 4.39 Å². The molecule has 2 atom stereocenters. The zero-order chi connectivity index (χ0) is 19.8. The van der Waals surface area contributed by atoms with Gasteiger partial charge in [0.05, 0.1) is 18.4 Å². The molecule has 0 saturated carbocycles. The molecule has 2 N–H and O–H groups in total. The molecule has 2 unspecified atom stereocenters. The molecule has 2 heterocycles. The van der Waals surface area contributed by atoms with Crippen LogP contribution in [0.2, 0.25) is 0 Å². The Morgan fingerprint density at radius 3 is 2.45 bits per heavy atom. The molecule has 1 aliphatic rings. The van der Waals surface area contributed by atoms with Crippen LogP contribution in [0.4, 0.5) is 4.39 Å². The zero-order valence-corrected chi connectivity index (χ0v) is 19.3. The van der Waals surface area contributed by atoms with E-state index in [-0.39, 0.29) is 41.9 Å². The molecule has 1 aromatic carbocycles. The summed E-state index contributed by atoms with van der Waals surface area (Å²) in [7, 11) is 3.39. The van der Waals surface area contributed by atoms with Gasteiger partial charge in [-0.2, -0.15) is 0 Å². The fourth-order valence-corrected chi connectivity index (χ4v) is 3.56. The van der Waals surface area contributed by atoms with Crippen LogP contribution >= 0.6 is 24.0 Å². The predicted octanol–water partition coefficient (Wildman–Crippen LogP) is 3.73. The first-order chi connectivity index (χ1) is 13.7. The average Bonchev–Trinajstić information content (AvgIpc) is 3.43. The smallest absolute Gasteiger partial charge is 0.191 e. The van der Waals surface area contributed by atoms with Crippen molar-refractivity contribution in [2.24, 2.45) is 4.99 Å². The fourth-order valence-electron chi connectivity index (χ4n) is 3.56. The summed E-state index contributed by atoms with van der Waals surface area (Å²) in [6.45, 7) is 3.38. The molecule has 8 heteroatoms. The molecule has 6 nitrogen and oxygen atoms in total. The highest BCUT2D eigenvalue weighted by Crippen LogP contribution is 2.24. The summed E-state index contributed by atoms with van der Waals surface area (Å²) in [6.07, 6.45) is 3.96. The largest absolute Gasteiger partial charge is 0.468 e. The first kappa shape index (κ1) is 23.6. The Labute approximate surface area is 188 Å². The summed E-state index contributed by atoms with van der Waals surface area (Å²) in [4.78, 5) is 6.75. The van der Waals surface area contributed by atoms with Crippen LogP contribution in [-0.2, 0) is 4.74 Å². The van der Waals surface area contributed by atoms with E-state index in [1.54, 1.807) is 32.6 Å². The number of likely N-dealkylation sites (tertiary alicyclic amines) is 1. The molecule has 3 rings (SSSR count). The van der Waals surface area contributed by atoms with Crippen molar-refractivity contribution < 1.29 is 13.5 Å². The zero-order valence-electron chi connectivity index (χ0n) is 16.9. The quantitative estimate of drug-likeness (QED) is 0.318. The predicted molar refractivity (Wildman–Crippen MR) is 123 cm³/mol. The number of nitrogens with zero attached hydrogens (tertiary/aromatic N) is 2. The van der Waals surface area contributed by atoms with Crippen molar-refractivity contribution in [3.8, 4) is 0 Å². The van der Waals surface area contributed by atoms with Gasteiger partial charge in [0.1, 0.15) is 11.6 Å². The van der Waals surface area contributed by atoms with Gasteiger partial charge in [-0.05, 0) is 55.8 Å². The summed E-state index contributed by atoms with van der Waals surface area (Å²) in [5, 5.41) is 6.69. The number of hydrogen-bond donors (Lipinski definition) is 2. The number of rotatable bonds is 8. The summed E-state index contributed by atoms with van der Waals surface area (Å²) >= 11 is 0. The van der Waals surface area contributed by atoms with E-state index >= 15 is 0 Å². The number of guanidine groups is 1. The monoisotopic (exact) mass is 516 g/mol. The van der Waals surface area contributed by atoms with Gasteiger partial charge < -0.3 is 19.8 Å². The highest BCUT2D eigenvalue weighted by atomic mass is 127. The number of nitrogens with one attached hydrogen (secondary N) is 2. The van der Waals surface area contributed by atoms with Crippen LogP contribution in [0.25, 0.3) is 0 Å². The van der Waals surface area contributed by atoms with Crippen LogP contribution in [0.5, 0.6) is 0 Å². The molecular weight excluding hydrogens is 486 g/mol. The molecule has 2 aromatic rings. The highest BCUT2D eigenvalue weighted by Gasteiger charge is 2.25. The molecule has 0 bridgehead atoms. The van der Waals surface area contributed by atoms with Crippen LogP contribution < -0.4 is 10.6 Å². The Balaban J connectivity index is 0.00000300. The Bertz CT molecular complexity index is 734. The number of hydrogen-bond acceptors (Lipinski definition) is 4. The molecule has 0 radical (unpaired) electrons. The SMILES string of the molecule is CN=C(NCC(OC)c1ccc(F)cc1)NCC(c1ccco1)N1CCCC1.I. The Morgan fingerprint density at radius 1 is 1.17 bits per heavy atom. The van der Waals surface area contributed by atoms with Crippen LogP contribution in [0, 0.1) is 5.82 Å². The molecule has 0 aliphatic carbocycles. The van der Waals surface area contributed by atoms with Crippen molar-refractivity contribution in [1.82, 2.24) is 15.5 Å². The van der Waals surface area contributed by atoms with Crippen LogP contribution in [0.1, 0.15) is 36.3 Å². The minimum atomic E-state index is -0.255. The highest BCUT2D eigenvalue weighted by molar-refractivity contribution is 14.0. The fraction of sp³-hybridized carbons (Fsp3) is 0.476. The van der Waals surface area contributed by atoms with E-state index in [9.17, 15) is 4.39 Å². The summed E-state index contributed by atoms with van der Waals surface area (Å²) in [5.74, 6) is 1.40. The maximum absolute atomic E-state index is 13.1. The van der Waals surface area contributed by atoms with E-state index in [1.165, 1.54) is 25.0 Å². The van der Waals surface area contributed by atoms with Crippen molar-refractivity contribution >= 4 is 29.9 Å². The second-order valence-electron chi connectivity index (χ2n) is 6.88. The average molecular weight is 516 g/mol. The minimum Gasteiger partial charge on any atom is -0.468 e. The van der Waals surface area contributed by atoms with Crippen molar-refractivity contribution in [2.75, 3.05) is 40.3 Å². The maximum atomic E-state index is 13.1. The van der Waals surface area contributed by atoms with Crippen LogP contribution in [0.15, 0.2) is 52.1 Å². The van der Waals surface area contributed by atoms with Gasteiger partial charge in [0.25, 0.3) is 0 Å². The molecule has 29 heavy (non-hydrogen) atoms. The van der Waals surface area contributed by atoms with E-state index in [4.69, 9.17) is 9.15 Å². The van der Waals surface area contributed by atoms with Gasteiger partial charge in [-0.1, -0.05) is 12.1 Å². The second kappa shape index (κ2) is 12.1. The van der Waals surface area contributed by atoms with Gasteiger partial charge >= 0.3 is 0 Å². The van der Waals surface area contributed by atoms with Gasteiger partial charge in [-0.15, -0.1) is 24.0 Å². The summed E-state index contributed by atoms with van der Waals surface area (Å²) < 4.78 is 24.4. The lowest BCUT2D eigenvalue weighted by molar-refractivity contribution is 0.106. The lowest BCUT2D eigenvalue weighted by Crippen LogP contribution is -2.43. The van der Waals surface area contributed by atoms with E-state index in [2.05, 4.69) is 20.5 Å². The van der Waals surface area contributed by atoms with E-state index < -0.39 is 0 Å². The third-order valence-electron chi connectivity index (χ3n) is 5.12. The van der Waals surface area contributed by atoms with Gasteiger partial charge in [0, 0.05) is 27.2 Å². The lowest BCUT2D eigenvalue weighted by Gasteiger charge is -2.27. The van der Waals surface area contributed by atoms with Gasteiger partial charge in [0.15, 0.2) is 5.96 Å². The first-order valence-electron chi connectivity index (χ1n) is 9.71. The van der Waals surface area contributed by atoms with E-state index in [1.807, 2.05) is 12.1 Å². The Kier molecular flexibility index (Phi) is 9.89. The standard InChI is InChI=1S/C21H29FN4O2.HI/c1-23-21(25-15-20(27-2)16-7-9-17(22)10-8-16)24-14-18(19-6-5-13-28-19)26-11-3-4-12-26;/h5-10,13,18,20H,3-4,11-12,14-15H2,1-2H3,(H2,23,24,25);1H. The maximum Gasteiger partial charge on any atom is 0.191 e. The normalized spacial score (nSPS) is 16.9. The molecule has 160 valence electrons. The number of furan rings is 1. The molecule has 1 aliphatic heterocycles. The second-order valence-corrected chi connectivity index (χ2v) is 6.88. The Morgan fingerprint density at radius 2 is 1.86 bits per heavy atom. The molecule has 0 spiro atoms. The third kappa shape index (κ3) is 6.68. The molecule has 1 aromatic heterocycles. The first-order valence-corrected chi connectivity index (χ1v) is 9.71. The van der Waals surface area contributed by atoms with Crippen molar-refractivity contribution in [1.29, 1.82) is 0 Å². The molecular formula is C21H30FIN4O2. The summed E-state index contributed by atoms with van der Waals surface area (Å²) in [6, 6.07) is 10.5.